The lowest BCUT2D eigenvalue weighted by Crippen LogP contribution is -2.27. The highest BCUT2D eigenvalue weighted by Crippen LogP contribution is 2.35. The molecule has 0 saturated heterocycles. The smallest absolute Gasteiger partial charge is 0.263 e. The molecule has 2 aromatic rings. The summed E-state index contributed by atoms with van der Waals surface area (Å²) in [5, 5.41) is 2.92. The number of hydrogen-bond donors (Lipinski definition) is 2. The van der Waals surface area contributed by atoms with Crippen molar-refractivity contribution >= 4 is 43.8 Å². The molecule has 0 saturated carbocycles. The molecule has 4 nitrogen and oxygen atoms in total. The third-order valence-electron chi connectivity index (χ3n) is 2.58. The van der Waals surface area contributed by atoms with Crippen LogP contribution < -0.4 is 11.1 Å². The Labute approximate surface area is 116 Å². The Hall–Kier alpha value is -1.47. The fourth-order valence-electron chi connectivity index (χ4n) is 1.69. The molecule has 1 unspecified atom stereocenters. The number of benzene rings is 1. The quantitative estimate of drug-likeness (QED) is 0.903. The lowest BCUT2D eigenvalue weighted by molar-refractivity contribution is 0.0961. The Morgan fingerprint density at radius 1 is 1.53 bits per heavy atom. The molecule has 2 rings (SSSR count). The summed E-state index contributed by atoms with van der Waals surface area (Å²) in [6.45, 7) is 0.304. The summed E-state index contributed by atoms with van der Waals surface area (Å²) in [6.07, 6.45) is 1.56. The van der Waals surface area contributed by atoms with Crippen LogP contribution in [0.1, 0.15) is 9.67 Å². The third-order valence-corrected chi connectivity index (χ3v) is 4.53. The first kappa shape index (κ1) is 14.0. The van der Waals surface area contributed by atoms with E-state index in [9.17, 15) is 13.4 Å². The van der Waals surface area contributed by atoms with Gasteiger partial charge in [-0.3, -0.25) is 9.00 Å². The first-order valence-corrected chi connectivity index (χ1v) is 8.09. The molecule has 19 heavy (non-hydrogen) atoms. The molecule has 3 N–H and O–H groups in total. The molecule has 1 aromatic heterocycles. The molecule has 1 amide bonds. The van der Waals surface area contributed by atoms with Crippen LogP contribution in [0.5, 0.6) is 0 Å². The standard InChI is InChI=1S/C12H13FN2O2S2/c1-19(17)6-5-15-12(16)11-10(14)9-7(13)3-2-4-8(9)18-11/h2-4H,5-6,14H2,1H3,(H,15,16). The summed E-state index contributed by atoms with van der Waals surface area (Å²) in [4.78, 5) is 12.2. The van der Waals surface area contributed by atoms with E-state index >= 15 is 0 Å². The summed E-state index contributed by atoms with van der Waals surface area (Å²) in [6, 6.07) is 4.61. The van der Waals surface area contributed by atoms with Crippen LogP contribution in [0.25, 0.3) is 10.1 Å². The van der Waals surface area contributed by atoms with Crippen molar-refractivity contribution in [1.29, 1.82) is 0 Å². The lowest BCUT2D eigenvalue weighted by Gasteiger charge is -2.02. The zero-order valence-electron chi connectivity index (χ0n) is 10.2. The van der Waals surface area contributed by atoms with Crippen molar-refractivity contribution in [3.63, 3.8) is 0 Å². The number of halogens is 1. The number of fused-ring (bicyclic) bond motifs is 1. The number of hydrogen-bond acceptors (Lipinski definition) is 4. The first-order valence-electron chi connectivity index (χ1n) is 5.55. The molecule has 0 aliphatic rings. The minimum absolute atomic E-state index is 0.160. The monoisotopic (exact) mass is 300 g/mol. The molecule has 1 heterocycles. The van der Waals surface area contributed by atoms with Crippen molar-refractivity contribution in [2.75, 3.05) is 24.3 Å². The van der Waals surface area contributed by atoms with E-state index in [1.165, 1.54) is 6.07 Å². The number of nitrogens with one attached hydrogen (secondary N) is 1. The van der Waals surface area contributed by atoms with Crippen molar-refractivity contribution in [3.05, 3.63) is 28.9 Å². The van der Waals surface area contributed by atoms with Crippen molar-refractivity contribution < 1.29 is 13.4 Å². The molecule has 0 aliphatic heterocycles. The summed E-state index contributed by atoms with van der Waals surface area (Å²) < 4.78 is 25.2. The molecule has 1 aromatic carbocycles. The minimum Gasteiger partial charge on any atom is -0.397 e. The zero-order chi connectivity index (χ0) is 14.0. The van der Waals surface area contributed by atoms with Crippen LogP contribution in [0, 0.1) is 5.82 Å². The summed E-state index contributed by atoms with van der Waals surface area (Å²) in [7, 11) is -0.965. The summed E-state index contributed by atoms with van der Waals surface area (Å²) >= 11 is 1.15. The highest BCUT2D eigenvalue weighted by Gasteiger charge is 2.18. The highest BCUT2D eigenvalue weighted by atomic mass is 32.2. The molecular formula is C12H13FN2O2S2. The average molecular weight is 300 g/mol. The van der Waals surface area contributed by atoms with Gasteiger partial charge < -0.3 is 11.1 Å². The average Bonchev–Trinajstić information content (AvgIpc) is 2.67. The molecule has 7 heteroatoms. The van der Waals surface area contributed by atoms with Crippen LogP contribution in [0.2, 0.25) is 0 Å². The SMILES string of the molecule is CS(=O)CCNC(=O)c1sc2cccc(F)c2c1N. The largest absolute Gasteiger partial charge is 0.397 e. The second-order valence-corrected chi connectivity index (χ2v) is 6.60. The van der Waals surface area contributed by atoms with E-state index in [2.05, 4.69) is 5.32 Å². The number of carbonyl (C=O) groups is 1. The van der Waals surface area contributed by atoms with E-state index in [0.717, 1.165) is 11.3 Å². The normalized spacial score (nSPS) is 12.5. The number of nitrogens with two attached hydrogens (primary N) is 1. The molecule has 0 radical (unpaired) electrons. The van der Waals surface area contributed by atoms with Gasteiger partial charge in [0.1, 0.15) is 10.7 Å². The number of carbonyl (C=O) groups excluding carboxylic acids is 1. The Morgan fingerprint density at radius 3 is 2.89 bits per heavy atom. The number of rotatable bonds is 4. The van der Waals surface area contributed by atoms with Crippen LogP contribution in [0.15, 0.2) is 18.2 Å². The molecule has 0 aliphatic carbocycles. The van der Waals surface area contributed by atoms with Crippen LogP contribution in [-0.2, 0) is 10.8 Å². The zero-order valence-corrected chi connectivity index (χ0v) is 11.9. The van der Waals surface area contributed by atoms with E-state index < -0.39 is 16.6 Å². The fourth-order valence-corrected chi connectivity index (χ4v) is 3.13. The number of nitrogen functional groups attached to an aromatic ring is 1. The van der Waals surface area contributed by atoms with E-state index in [-0.39, 0.29) is 17.0 Å². The van der Waals surface area contributed by atoms with Gasteiger partial charge in [-0.2, -0.15) is 0 Å². The number of anilines is 1. The van der Waals surface area contributed by atoms with Gasteiger partial charge in [0.2, 0.25) is 0 Å². The van der Waals surface area contributed by atoms with E-state index in [1.54, 1.807) is 18.4 Å². The van der Waals surface area contributed by atoms with Gasteiger partial charge in [-0.05, 0) is 12.1 Å². The lowest BCUT2D eigenvalue weighted by atomic mass is 10.2. The van der Waals surface area contributed by atoms with Crippen LogP contribution in [-0.4, -0.2) is 28.7 Å². The maximum Gasteiger partial charge on any atom is 0.263 e. The molecular weight excluding hydrogens is 287 g/mol. The van der Waals surface area contributed by atoms with Crippen molar-refractivity contribution in [1.82, 2.24) is 5.32 Å². The van der Waals surface area contributed by atoms with Gasteiger partial charge in [0.25, 0.3) is 5.91 Å². The van der Waals surface area contributed by atoms with E-state index in [0.29, 0.717) is 21.9 Å². The predicted octanol–water partition coefficient (Wildman–Crippen LogP) is 1.73. The van der Waals surface area contributed by atoms with Gasteiger partial charge in [0.15, 0.2) is 0 Å². The molecule has 1 atom stereocenters. The van der Waals surface area contributed by atoms with Gasteiger partial charge in [-0.25, -0.2) is 4.39 Å². The van der Waals surface area contributed by atoms with Gasteiger partial charge in [0.05, 0.1) is 11.1 Å². The second-order valence-electron chi connectivity index (χ2n) is 3.99. The van der Waals surface area contributed by atoms with E-state index in [4.69, 9.17) is 5.73 Å². The predicted molar refractivity (Wildman–Crippen MR) is 77.5 cm³/mol. The molecule has 0 fully saturated rings. The Bertz CT molecular complexity index is 654. The second kappa shape index (κ2) is 5.66. The topological polar surface area (TPSA) is 72.2 Å². The molecule has 0 spiro atoms. The summed E-state index contributed by atoms with van der Waals surface area (Å²) in [5.41, 5.74) is 5.98. The minimum atomic E-state index is -0.965. The highest BCUT2D eigenvalue weighted by molar-refractivity contribution is 7.84. The Balaban J connectivity index is 2.25. The maximum absolute atomic E-state index is 13.6. The van der Waals surface area contributed by atoms with Crippen LogP contribution in [0.4, 0.5) is 10.1 Å². The van der Waals surface area contributed by atoms with Crippen LogP contribution >= 0.6 is 11.3 Å². The third kappa shape index (κ3) is 2.93. The van der Waals surface area contributed by atoms with Gasteiger partial charge in [0, 0.05) is 34.1 Å². The number of amides is 1. The van der Waals surface area contributed by atoms with Crippen molar-refractivity contribution in [3.8, 4) is 0 Å². The van der Waals surface area contributed by atoms with Gasteiger partial charge >= 0.3 is 0 Å². The first-order chi connectivity index (χ1) is 9.00. The number of thiophene rings is 1. The molecule has 0 bridgehead atoms. The fraction of sp³-hybridized carbons (Fsp3) is 0.250. The van der Waals surface area contributed by atoms with Crippen molar-refractivity contribution in [2.24, 2.45) is 0 Å². The molecule has 102 valence electrons. The Kier molecular flexibility index (Phi) is 4.16. The van der Waals surface area contributed by atoms with E-state index in [1.807, 2.05) is 0 Å². The van der Waals surface area contributed by atoms with Crippen molar-refractivity contribution in [2.45, 2.75) is 0 Å². The maximum atomic E-state index is 13.6. The summed E-state index contributed by atoms with van der Waals surface area (Å²) in [5.74, 6) is -0.409. The van der Waals surface area contributed by atoms with Crippen LogP contribution in [0.3, 0.4) is 0 Å². The van der Waals surface area contributed by atoms with Gasteiger partial charge in [-0.1, -0.05) is 6.07 Å². The van der Waals surface area contributed by atoms with Gasteiger partial charge in [-0.15, -0.1) is 11.3 Å². The Morgan fingerprint density at radius 2 is 2.26 bits per heavy atom.